The van der Waals surface area contributed by atoms with Crippen molar-refractivity contribution < 1.29 is 8.98 Å². The number of carbonyl (C=O) groups is 1. The lowest BCUT2D eigenvalue weighted by molar-refractivity contribution is -0.133. The molecule has 5 heteroatoms. The highest BCUT2D eigenvalue weighted by atomic mass is 32.2. The van der Waals surface area contributed by atoms with Crippen LogP contribution >= 0.6 is 38.2 Å². The van der Waals surface area contributed by atoms with Crippen molar-refractivity contribution in [3.8, 4) is 0 Å². The molecule has 0 aliphatic rings. The van der Waals surface area contributed by atoms with Crippen LogP contribution in [-0.2, 0) is 8.98 Å². The standard InChI is InChI=1S/C11H22O2S3/c1-9(2)6-4-3-5-7-11(14,15)8-10(12)13-16/h9,14-16H,3-8H2,1-2H3. The first-order chi connectivity index (χ1) is 7.37. The molecule has 0 aliphatic carbocycles. The third-order valence-electron chi connectivity index (χ3n) is 2.39. The van der Waals surface area contributed by atoms with Gasteiger partial charge in [0.15, 0.2) is 0 Å². The average Bonchev–Trinajstić information content (AvgIpc) is 2.15. The van der Waals surface area contributed by atoms with E-state index in [1.54, 1.807) is 0 Å². The van der Waals surface area contributed by atoms with Crippen molar-refractivity contribution in [3.05, 3.63) is 0 Å². The Morgan fingerprint density at radius 2 is 1.88 bits per heavy atom. The SMILES string of the molecule is CC(C)CCCCCC(S)(S)CC(=O)OS. The van der Waals surface area contributed by atoms with Gasteiger partial charge in [-0.2, -0.15) is 25.3 Å². The smallest absolute Gasteiger partial charge is 0.319 e. The zero-order valence-electron chi connectivity index (χ0n) is 9.98. The molecule has 0 aliphatic heterocycles. The van der Waals surface area contributed by atoms with Gasteiger partial charge in [0.05, 0.1) is 10.5 Å². The fourth-order valence-corrected chi connectivity index (χ4v) is 2.13. The van der Waals surface area contributed by atoms with Crippen LogP contribution in [0.5, 0.6) is 0 Å². The number of carbonyl (C=O) groups excluding carboxylic acids is 1. The summed E-state index contributed by atoms with van der Waals surface area (Å²) in [5, 5.41) is 0. The van der Waals surface area contributed by atoms with E-state index in [1.807, 2.05) is 0 Å². The van der Waals surface area contributed by atoms with E-state index < -0.39 is 4.08 Å². The summed E-state index contributed by atoms with van der Waals surface area (Å²) in [6, 6.07) is 0. The minimum absolute atomic E-state index is 0.187. The molecule has 0 fully saturated rings. The average molecular weight is 282 g/mol. The van der Waals surface area contributed by atoms with Crippen LogP contribution in [0.4, 0.5) is 0 Å². The molecule has 0 saturated heterocycles. The summed E-state index contributed by atoms with van der Waals surface area (Å²) in [5.74, 6) is 0.381. The quantitative estimate of drug-likeness (QED) is 0.272. The zero-order chi connectivity index (χ0) is 12.6. The molecule has 0 radical (unpaired) electrons. The van der Waals surface area contributed by atoms with E-state index in [0.717, 1.165) is 25.2 Å². The number of thiol groups is 3. The lowest BCUT2D eigenvalue weighted by Gasteiger charge is -2.20. The van der Waals surface area contributed by atoms with Crippen LogP contribution in [0.2, 0.25) is 0 Å². The summed E-state index contributed by atoms with van der Waals surface area (Å²) >= 11 is 12.2. The molecule has 2 nitrogen and oxygen atoms in total. The maximum atomic E-state index is 11.0. The van der Waals surface area contributed by atoms with Gasteiger partial charge in [0.25, 0.3) is 0 Å². The van der Waals surface area contributed by atoms with E-state index in [9.17, 15) is 4.79 Å². The van der Waals surface area contributed by atoms with E-state index in [1.165, 1.54) is 12.8 Å². The van der Waals surface area contributed by atoms with Crippen LogP contribution in [0.3, 0.4) is 0 Å². The molecule has 0 amide bonds. The van der Waals surface area contributed by atoms with Crippen molar-refractivity contribution >= 4 is 44.1 Å². The second-order valence-electron chi connectivity index (χ2n) is 4.62. The van der Waals surface area contributed by atoms with Gasteiger partial charge < -0.3 is 4.18 Å². The van der Waals surface area contributed by atoms with Gasteiger partial charge in [-0.25, -0.2) is 0 Å². The van der Waals surface area contributed by atoms with Crippen LogP contribution in [0.25, 0.3) is 0 Å². The van der Waals surface area contributed by atoms with Gasteiger partial charge in [-0.15, -0.1) is 0 Å². The molecule has 0 saturated carbocycles. The predicted molar refractivity (Wildman–Crippen MR) is 78.3 cm³/mol. The molecule has 0 aromatic heterocycles. The van der Waals surface area contributed by atoms with Gasteiger partial charge >= 0.3 is 5.97 Å². The molecular weight excluding hydrogens is 260 g/mol. The van der Waals surface area contributed by atoms with Crippen molar-refractivity contribution in [1.29, 1.82) is 0 Å². The lowest BCUT2D eigenvalue weighted by Crippen LogP contribution is -2.18. The van der Waals surface area contributed by atoms with Crippen LogP contribution < -0.4 is 0 Å². The van der Waals surface area contributed by atoms with Gasteiger partial charge in [-0.05, 0) is 12.3 Å². The molecule has 0 rings (SSSR count). The molecule has 0 atom stereocenters. The van der Waals surface area contributed by atoms with E-state index in [-0.39, 0.29) is 12.4 Å². The van der Waals surface area contributed by atoms with Crippen molar-refractivity contribution in [2.24, 2.45) is 5.92 Å². The largest absolute Gasteiger partial charge is 0.395 e. The van der Waals surface area contributed by atoms with Crippen LogP contribution in [0, 0.1) is 5.92 Å². The van der Waals surface area contributed by atoms with E-state index in [0.29, 0.717) is 0 Å². The van der Waals surface area contributed by atoms with Crippen LogP contribution in [0.15, 0.2) is 0 Å². The Kier molecular flexibility index (Phi) is 8.87. The predicted octanol–water partition coefficient (Wildman–Crippen LogP) is 3.93. The molecule has 0 spiro atoms. The molecule has 0 heterocycles. The highest BCUT2D eigenvalue weighted by molar-refractivity contribution is 8.00. The Labute approximate surface area is 115 Å². The first kappa shape index (κ1) is 16.5. The van der Waals surface area contributed by atoms with Gasteiger partial charge in [0.1, 0.15) is 0 Å². The Morgan fingerprint density at radius 1 is 1.25 bits per heavy atom. The summed E-state index contributed by atoms with van der Waals surface area (Å²) in [6.07, 6.45) is 5.68. The van der Waals surface area contributed by atoms with Crippen LogP contribution in [0.1, 0.15) is 52.4 Å². The second-order valence-corrected chi connectivity index (χ2v) is 6.86. The van der Waals surface area contributed by atoms with Crippen molar-refractivity contribution in [2.45, 2.75) is 56.5 Å². The number of hydrogen-bond acceptors (Lipinski definition) is 5. The van der Waals surface area contributed by atoms with E-state index in [4.69, 9.17) is 0 Å². The molecule has 16 heavy (non-hydrogen) atoms. The van der Waals surface area contributed by atoms with Gasteiger partial charge in [0.2, 0.25) is 0 Å². The number of rotatable bonds is 8. The number of hydrogen-bond donors (Lipinski definition) is 3. The monoisotopic (exact) mass is 282 g/mol. The third-order valence-corrected chi connectivity index (χ3v) is 3.35. The lowest BCUT2D eigenvalue weighted by atomic mass is 10.0. The van der Waals surface area contributed by atoms with Gasteiger partial charge in [-0.3, -0.25) is 4.79 Å². The number of unbranched alkanes of at least 4 members (excludes halogenated alkanes) is 2. The highest BCUT2D eigenvalue weighted by Gasteiger charge is 2.24. The molecular formula is C11H22O2S3. The topological polar surface area (TPSA) is 26.3 Å². The van der Waals surface area contributed by atoms with Crippen molar-refractivity contribution in [3.63, 3.8) is 0 Å². The summed E-state index contributed by atoms with van der Waals surface area (Å²) in [6.45, 7) is 4.45. The summed E-state index contributed by atoms with van der Waals surface area (Å²) in [4.78, 5) is 11.0. The molecule has 0 N–H and O–H groups in total. The highest BCUT2D eigenvalue weighted by Crippen LogP contribution is 2.31. The first-order valence-electron chi connectivity index (χ1n) is 5.66. The first-order valence-corrected chi connectivity index (χ1v) is 6.92. The maximum absolute atomic E-state index is 11.0. The minimum atomic E-state index is -0.572. The van der Waals surface area contributed by atoms with Crippen molar-refractivity contribution in [2.75, 3.05) is 0 Å². The summed E-state index contributed by atoms with van der Waals surface area (Å²) in [5.41, 5.74) is 0. The Morgan fingerprint density at radius 3 is 2.38 bits per heavy atom. The molecule has 0 aromatic rings. The van der Waals surface area contributed by atoms with Crippen molar-refractivity contribution in [1.82, 2.24) is 0 Å². The molecule has 96 valence electrons. The summed E-state index contributed by atoms with van der Waals surface area (Å²) < 4.78 is 3.73. The Hall–Kier alpha value is 0.520. The maximum Gasteiger partial charge on any atom is 0.319 e. The molecule has 0 unspecified atom stereocenters. The van der Waals surface area contributed by atoms with Crippen LogP contribution in [-0.4, -0.2) is 10.0 Å². The normalized spacial score (nSPS) is 11.9. The van der Waals surface area contributed by atoms with Gasteiger partial charge in [-0.1, -0.05) is 39.5 Å². The minimum Gasteiger partial charge on any atom is -0.395 e. The zero-order valence-corrected chi connectivity index (χ0v) is 12.7. The molecule has 0 aromatic carbocycles. The Bertz CT molecular complexity index is 205. The molecule has 0 bridgehead atoms. The Balaban J connectivity index is 3.61. The van der Waals surface area contributed by atoms with Gasteiger partial charge in [0, 0.05) is 12.9 Å². The summed E-state index contributed by atoms with van der Waals surface area (Å²) in [7, 11) is 0. The third kappa shape index (κ3) is 9.73. The fourth-order valence-electron chi connectivity index (χ4n) is 1.49. The fraction of sp³-hybridized carbons (Fsp3) is 0.909. The van der Waals surface area contributed by atoms with E-state index in [2.05, 4.69) is 56.2 Å². The second kappa shape index (κ2) is 8.59. The van der Waals surface area contributed by atoms with E-state index >= 15 is 0 Å².